The zero-order valence-corrected chi connectivity index (χ0v) is 13.1. The first-order chi connectivity index (χ1) is 9.94. The normalized spacial score (nSPS) is 13.3. The molecule has 2 N–H and O–H groups in total. The molecule has 0 saturated heterocycles. The maximum atomic E-state index is 12.4. The predicted molar refractivity (Wildman–Crippen MR) is 78.9 cm³/mol. The van der Waals surface area contributed by atoms with E-state index in [2.05, 4.69) is 20.2 Å². The fraction of sp³-hybridized carbons (Fsp3) is 0.385. The van der Waals surface area contributed by atoms with Crippen LogP contribution in [0.4, 0.5) is 0 Å². The Morgan fingerprint density at radius 1 is 1.38 bits per heavy atom. The summed E-state index contributed by atoms with van der Waals surface area (Å²) < 4.78 is 29.1. The van der Waals surface area contributed by atoms with Crippen LogP contribution in [-0.4, -0.2) is 30.2 Å². The van der Waals surface area contributed by atoms with Gasteiger partial charge in [-0.2, -0.15) is 0 Å². The van der Waals surface area contributed by atoms with Crippen LogP contribution in [0.25, 0.3) is 0 Å². The molecule has 2 rings (SSSR count). The maximum Gasteiger partial charge on any atom is 0.241 e. The molecule has 0 aliphatic heterocycles. The van der Waals surface area contributed by atoms with Crippen molar-refractivity contribution in [2.75, 3.05) is 7.05 Å². The molecule has 0 bridgehead atoms. The Labute approximate surface area is 124 Å². The van der Waals surface area contributed by atoms with Crippen molar-refractivity contribution in [1.29, 1.82) is 0 Å². The van der Waals surface area contributed by atoms with E-state index in [1.54, 1.807) is 36.7 Å². The van der Waals surface area contributed by atoms with E-state index < -0.39 is 16.1 Å². The number of aromatic nitrogens is 3. The number of hydrogen-bond acceptors (Lipinski definition) is 5. The van der Waals surface area contributed by atoms with Gasteiger partial charge in [0.15, 0.2) is 0 Å². The molecule has 1 aromatic carbocycles. The van der Waals surface area contributed by atoms with Gasteiger partial charge in [0.2, 0.25) is 10.0 Å². The smallest absolute Gasteiger partial charge is 0.241 e. The van der Waals surface area contributed by atoms with Gasteiger partial charge in [-0.3, -0.25) is 0 Å². The minimum Gasteiger partial charge on any atom is -0.319 e. The number of sulfonamides is 1. The van der Waals surface area contributed by atoms with Crippen molar-refractivity contribution in [2.45, 2.75) is 24.4 Å². The second-order valence-corrected chi connectivity index (χ2v) is 6.53. The van der Waals surface area contributed by atoms with Crippen LogP contribution in [0.15, 0.2) is 35.5 Å². The lowest BCUT2D eigenvalue weighted by molar-refractivity contribution is 0.553. The Hall–Kier alpha value is -1.77. The van der Waals surface area contributed by atoms with Crippen molar-refractivity contribution in [1.82, 2.24) is 24.8 Å². The third-order valence-corrected chi connectivity index (χ3v) is 4.59. The molecular weight excluding hydrogens is 290 g/mol. The summed E-state index contributed by atoms with van der Waals surface area (Å²) in [5, 5.41) is 10.7. The van der Waals surface area contributed by atoms with Crippen LogP contribution in [0.3, 0.4) is 0 Å². The monoisotopic (exact) mass is 309 g/mol. The lowest BCUT2D eigenvalue weighted by atomic mass is 10.2. The van der Waals surface area contributed by atoms with E-state index in [1.165, 1.54) is 6.33 Å². The number of nitrogens with one attached hydrogen (secondary N) is 2. The Morgan fingerprint density at radius 2 is 2.14 bits per heavy atom. The molecule has 21 heavy (non-hydrogen) atoms. The molecule has 0 saturated carbocycles. The molecule has 1 aromatic heterocycles. The summed E-state index contributed by atoms with van der Waals surface area (Å²) in [6.07, 6.45) is 1.54. The van der Waals surface area contributed by atoms with E-state index in [-0.39, 0.29) is 4.90 Å². The summed E-state index contributed by atoms with van der Waals surface area (Å²) in [7, 11) is -0.0155. The summed E-state index contributed by atoms with van der Waals surface area (Å²) in [6, 6.07) is 6.37. The van der Waals surface area contributed by atoms with Crippen molar-refractivity contribution in [3.8, 4) is 0 Å². The molecule has 0 aliphatic rings. The Bertz CT molecular complexity index is 711. The van der Waals surface area contributed by atoms with Gasteiger partial charge in [-0.05, 0) is 31.7 Å². The van der Waals surface area contributed by atoms with Gasteiger partial charge in [0, 0.05) is 13.6 Å². The van der Waals surface area contributed by atoms with Crippen LogP contribution in [0, 0.1) is 0 Å². The van der Waals surface area contributed by atoms with Crippen LogP contribution in [-0.2, 0) is 23.6 Å². The van der Waals surface area contributed by atoms with Crippen LogP contribution in [0.2, 0.25) is 0 Å². The number of rotatable bonds is 6. The van der Waals surface area contributed by atoms with Crippen molar-refractivity contribution < 1.29 is 8.42 Å². The highest BCUT2D eigenvalue weighted by atomic mass is 32.2. The predicted octanol–water partition coefficient (Wildman–Crippen LogP) is 0.574. The summed E-state index contributed by atoms with van der Waals surface area (Å²) in [5.74, 6) is 0.560. The van der Waals surface area contributed by atoms with Gasteiger partial charge in [-0.1, -0.05) is 12.1 Å². The highest BCUT2D eigenvalue weighted by Crippen LogP contribution is 2.16. The minimum absolute atomic E-state index is 0.240. The van der Waals surface area contributed by atoms with E-state index in [1.807, 2.05) is 13.1 Å². The zero-order chi connectivity index (χ0) is 15.5. The standard InChI is InChI=1S/C13H19N5O2S/c1-10(13-16-15-9-18(13)3)17-21(19,20)12-6-4-5-11(7-12)8-14-2/h4-7,9-10,14,17H,8H2,1-3H3. The van der Waals surface area contributed by atoms with E-state index in [0.29, 0.717) is 12.4 Å². The minimum atomic E-state index is -3.60. The molecule has 1 heterocycles. The van der Waals surface area contributed by atoms with Gasteiger partial charge in [0.25, 0.3) is 0 Å². The second kappa shape index (κ2) is 6.33. The number of nitrogens with zero attached hydrogens (tertiary/aromatic N) is 3. The molecule has 1 atom stereocenters. The molecule has 0 fully saturated rings. The quantitative estimate of drug-likeness (QED) is 0.814. The number of hydrogen-bond donors (Lipinski definition) is 2. The summed E-state index contributed by atoms with van der Waals surface area (Å²) in [4.78, 5) is 0.240. The van der Waals surface area contributed by atoms with Crippen molar-refractivity contribution in [2.24, 2.45) is 7.05 Å². The van der Waals surface area contributed by atoms with Crippen LogP contribution >= 0.6 is 0 Å². The molecule has 2 aromatic rings. The van der Waals surface area contributed by atoms with Crippen LogP contribution < -0.4 is 10.0 Å². The highest BCUT2D eigenvalue weighted by molar-refractivity contribution is 7.89. The van der Waals surface area contributed by atoms with E-state index >= 15 is 0 Å². The molecule has 8 heteroatoms. The zero-order valence-electron chi connectivity index (χ0n) is 12.2. The lowest BCUT2D eigenvalue weighted by Gasteiger charge is -2.14. The lowest BCUT2D eigenvalue weighted by Crippen LogP contribution is -2.28. The number of benzene rings is 1. The summed E-state index contributed by atoms with van der Waals surface area (Å²) >= 11 is 0. The van der Waals surface area contributed by atoms with Gasteiger partial charge in [-0.25, -0.2) is 13.1 Å². The highest BCUT2D eigenvalue weighted by Gasteiger charge is 2.21. The third-order valence-electron chi connectivity index (χ3n) is 3.06. The molecule has 7 nitrogen and oxygen atoms in total. The second-order valence-electron chi connectivity index (χ2n) is 4.82. The fourth-order valence-electron chi connectivity index (χ4n) is 2.06. The maximum absolute atomic E-state index is 12.4. The van der Waals surface area contributed by atoms with Crippen LogP contribution in [0.5, 0.6) is 0 Å². The third kappa shape index (κ3) is 3.66. The molecular formula is C13H19N5O2S. The Kier molecular flexibility index (Phi) is 4.71. The summed E-state index contributed by atoms with van der Waals surface area (Å²) in [5.41, 5.74) is 0.909. The van der Waals surface area contributed by atoms with Gasteiger partial charge in [0.05, 0.1) is 10.9 Å². The molecule has 0 spiro atoms. The molecule has 0 radical (unpaired) electrons. The van der Waals surface area contributed by atoms with Gasteiger partial charge in [-0.15, -0.1) is 10.2 Å². The average molecular weight is 309 g/mol. The first-order valence-corrected chi connectivity index (χ1v) is 8.02. The Morgan fingerprint density at radius 3 is 2.76 bits per heavy atom. The first-order valence-electron chi connectivity index (χ1n) is 6.54. The van der Waals surface area contributed by atoms with Crippen LogP contribution in [0.1, 0.15) is 24.4 Å². The molecule has 0 aliphatic carbocycles. The largest absolute Gasteiger partial charge is 0.319 e. The fourth-order valence-corrected chi connectivity index (χ4v) is 3.34. The number of aryl methyl sites for hydroxylation is 1. The first kappa shape index (κ1) is 15.6. The van der Waals surface area contributed by atoms with Crippen molar-refractivity contribution in [3.05, 3.63) is 42.0 Å². The molecule has 0 amide bonds. The van der Waals surface area contributed by atoms with E-state index in [0.717, 1.165) is 5.56 Å². The Balaban J connectivity index is 2.22. The van der Waals surface area contributed by atoms with E-state index in [4.69, 9.17) is 0 Å². The van der Waals surface area contributed by atoms with Gasteiger partial charge in [0.1, 0.15) is 12.2 Å². The van der Waals surface area contributed by atoms with Crippen molar-refractivity contribution in [3.63, 3.8) is 0 Å². The van der Waals surface area contributed by atoms with E-state index in [9.17, 15) is 8.42 Å². The topological polar surface area (TPSA) is 88.9 Å². The summed E-state index contributed by atoms with van der Waals surface area (Å²) in [6.45, 7) is 2.35. The molecule has 1 unspecified atom stereocenters. The SMILES string of the molecule is CNCc1cccc(S(=O)(=O)NC(C)c2nncn2C)c1. The van der Waals surface area contributed by atoms with Gasteiger partial charge >= 0.3 is 0 Å². The average Bonchev–Trinajstić information content (AvgIpc) is 2.85. The van der Waals surface area contributed by atoms with Gasteiger partial charge < -0.3 is 9.88 Å². The van der Waals surface area contributed by atoms with Crippen molar-refractivity contribution >= 4 is 10.0 Å². The molecule has 114 valence electrons.